The van der Waals surface area contributed by atoms with Gasteiger partial charge in [-0.25, -0.2) is 9.59 Å². The summed E-state index contributed by atoms with van der Waals surface area (Å²) in [6.45, 7) is 0.822. The van der Waals surface area contributed by atoms with Gasteiger partial charge in [-0.05, 0) is 11.1 Å². The summed E-state index contributed by atoms with van der Waals surface area (Å²) in [7, 11) is 0. The molecule has 1 aliphatic rings. The predicted octanol–water partition coefficient (Wildman–Crippen LogP) is 1.38. The highest BCUT2D eigenvalue weighted by atomic mass is 16.5. The second kappa shape index (κ2) is 11.2. The molecule has 0 saturated carbocycles. The standard InChI is InChI=1S/C15H14O3.C6H12N2O3/c16-14(13-9-5-2-6-10-13)15(17)18-11-12-7-3-1-4-8-12;7-5-2-8(6(10)11)1-4(5)3-9/h1-10,14,16H,11H2;4-5,9H,1-3,7H2,(H,10,11)/t14-;4-,5-/m01/s1. The molecule has 5 N–H and O–H groups in total. The van der Waals surface area contributed by atoms with Gasteiger partial charge in [0.15, 0.2) is 6.10 Å². The number of benzene rings is 2. The first-order chi connectivity index (χ1) is 13.9. The van der Waals surface area contributed by atoms with Crippen LogP contribution in [-0.4, -0.2) is 58.0 Å². The zero-order valence-electron chi connectivity index (χ0n) is 15.9. The second-order valence-electron chi connectivity index (χ2n) is 6.70. The lowest BCUT2D eigenvalue weighted by Gasteiger charge is -2.10. The average Bonchev–Trinajstić information content (AvgIpc) is 3.14. The highest BCUT2D eigenvalue weighted by Crippen LogP contribution is 2.15. The Hall–Kier alpha value is -2.94. The van der Waals surface area contributed by atoms with Crippen molar-refractivity contribution in [3.8, 4) is 0 Å². The Labute approximate surface area is 169 Å². The summed E-state index contributed by atoms with van der Waals surface area (Å²) >= 11 is 0. The number of likely N-dealkylation sites (tertiary alicyclic amines) is 1. The van der Waals surface area contributed by atoms with Crippen LogP contribution < -0.4 is 5.73 Å². The van der Waals surface area contributed by atoms with Gasteiger partial charge in [0, 0.05) is 31.7 Å². The molecule has 0 aliphatic carbocycles. The molecule has 0 spiro atoms. The zero-order chi connectivity index (χ0) is 21.2. The summed E-state index contributed by atoms with van der Waals surface area (Å²) in [5.41, 5.74) is 6.98. The van der Waals surface area contributed by atoms with Crippen molar-refractivity contribution < 1.29 is 29.6 Å². The molecule has 0 aromatic heterocycles. The molecule has 1 saturated heterocycles. The van der Waals surface area contributed by atoms with Crippen LogP contribution in [0.15, 0.2) is 60.7 Å². The van der Waals surface area contributed by atoms with E-state index in [1.165, 1.54) is 4.90 Å². The Morgan fingerprint density at radius 2 is 1.66 bits per heavy atom. The molecule has 1 aliphatic heterocycles. The first-order valence-corrected chi connectivity index (χ1v) is 9.20. The third kappa shape index (κ3) is 6.86. The summed E-state index contributed by atoms with van der Waals surface area (Å²) in [5.74, 6) is -0.726. The highest BCUT2D eigenvalue weighted by molar-refractivity contribution is 5.76. The number of rotatable bonds is 5. The molecule has 1 amide bonds. The number of hydrogen-bond donors (Lipinski definition) is 4. The Morgan fingerprint density at radius 1 is 1.07 bits per heavy atom. The Kier molecular flexibility index (Phi) is 8.60. The van der Waals surface area contributed by atoms with Crippen LogP contribution >= 0.6 is 0 Å². The first-order valence-electron chi connectivity index (χ1n) is 9.20. The van der Waals surface area contributed by atoms with Gasteiger partial charge in [-0.3, -0.25) is 0 Å². The van der Waals surface area contributed by atoms with E-state index in [-0.39, 0.29) is 25.2 Å². The smallest absolute Gasteiger partial charge is 0.407 e. The number of ether oxygens (including phenoxy) is 1. The van der Waals surface area contributed by atoms with Gasteiger partial charge in [-0.15, -0.1) is 0 Å². The molecule has 0 bridgehead atoms. The minimum absolute atomic E-state index is 0.0368. The monoisotopic (exact) mass is 402 g/mol. The lowest BCUT2D eigenvalue weighted by molar-refractivity contribution is -0.155. The van der Waals surface area contributed by atoms with Gasteiger partial charge in [-0.2, -0.15) is 0 Å². The van der Waals surface area contributed by atoms with E-state index in [1.54, 1.807) is 24.3 Å². The molecule has 3 rings (SSSR count). The maximum Gasteiger partial charge on any atom is 0.407 e. The van der Waals surface area contributed by atoms with Crippen molar-refractivity contribution in [2.45, 2.75) is 18.8 Å². The number of nitrogens with zero attached hydrogens (tertiary/aromatic N) is 1. The molecular weight excluding hydrogens is 376 g/mol. The van der Waals surface area contributed by atoms with Crippen molar-refractivity contribution >= 4 is 12.1 Å². The van der Waals surface area contributed by atoms with E-state index in [4.69, 9.17) is 20.7 Å². The van der Waals surface area contributed by atoms with E-state index >= 15 is 0 Å². The minimum Gasteiger partial charge on any atom is -0.465 e. The normalized spacial score (nSPS) is 19.1. The van der Waals surface area contributed by atoms with Crippen LogP contribution in [0.1, 0.15) is 17.2 Å². The number of aliphatic hydroxyl groups is 2. The number of carbonyl (C=O) groups is 2. The lowest BCUT2D eigenvalue weighted by Crippen LogP contribution is -2.32. The van der Waals surface area contributed by atoms with E-state index in [0.29, 0.717) is 18.7 Å². The average molecular weight is 402 g/mol. The fourth-order valence-corrected chi connectivity index (χ4v) is 2.82. The van der Waals surface area contributed by atoms with Crippen LogP contribution in [0.25, 0.3) is 0 Å². The first kappa shape index (κ1) is 22.4. The van der Waals surface area contributed by atoms with E-state index in [2.05, 4.69) is 0 Å². The van der Waals surface area contributed by atoms with E-state index in [1.807, 2.05) is 36.4 Å². The molecule has 0 unspecified atom stereocenters. The van der Waals surface area contributed by atoms with Crippen molar-refractivity contribution in [1.29, 1.82) is 0 Å². The molecular formula is C21H26N2O6. The highest BCUT2D eigenvalue weighted by Gasteiger charge is 2.32. The zero-order valence-corrected chi connectivity index (χ0v) is 15.9. The number of hydrogen-bond acceptors (Lipinski definition) is 6. The van der Waals surface area contributed by atoms with Gasteiger partial charge in [0.05, 0.1) is 0 Å². The lowest BCUT2D eigenvalue weighted by atomic mass is 10.1. The second-order valence-corrected chi connectivity index (χ2v) is 6.70. The summed E-state index contributed by atoms with van der Waals surface area (Å²) in [6, 6.07) is 17.9. The summed E-state index contributed by atoms with van der Waals surface area (Å²) in [4.78, 5) is 23.3. The van der Waals surface area contributed by atoms with Crippen molar-refractivity contribution in [2.24, 2.45) is 11.7 Å². The number of aliphatic hydroxyl groups excluding tert-OH is 2. The molecule has 2 aromatic carbocycles. The maximum absolute atomic E-state index is 11.6. The maximum atomic E-state index is 11.6. The van der Waals surface area contributed by atoms with Crippen molar-refractivity contribution in [3.63, 3.8) is 0 Å². The van der Waals surface area contributed by atoms with Gasteiger partial charge in [0.2, 0.25) is 0 Å². The molecule has 3 atom stereocenters. The van der Waals surface area contributed by atoms with Gasteiger partial charge in [0.1, 0.15) is 6.61 Å². The quantitative estimate of drug-likeness (QED) is 0.555. The number of carbonyl (C=O) groups excluding carboxylic acids is 1. The Morgan fingerprint density at radius 3 is 2.14 bits per heavy atom. The van der Waals surface area contributed by atoms with Crippen LogP contribution in [0, 0.1) is 5.92 Å². The third-order valence-electron chi connectivity index (χ3n) is 4.56. The van der Waals surface area contributed by atoms with E-state index < -0.39 is 18.2 Å². The fourth-order valence-electron chi connectivity index (χ4n) is 2.82. The summed E-state index contributed by atoms with van der Waals surface area (Å²) < 4.78 is 5.06. The van der Waals surface area contributed by atoms with Crippen LogP contribution in [0.2, 0.25) is 0 Å². The Bertz CT molecular complexity index is 771. The van der Waals surface area contributed by atoms with Crippen LogP contribution in [0.4, 0.5) is 4.79 Å². The number of esters is 1. The predicted molar refractivity (Wildman–Crippen MR) is 106 cm³/mol. The van der Waals surface area contributed by atoms with Gasteiger partial charge in [0.25, 0.3) is 0 Å². The van der Waals surface area contributed by atoms with Gasteiger partial charge < -0.3 is 30.7 Å². The van der Waals surface area contributed by atoms with Crippen LogP contribution in [-0.2, 0) is 16.1 Å². The Balaban J connectivity index is 0.000000234. The summed E-state index contributed by atoms with van der Waals surface area (Å²) in [6.07, 6.45) is -2.19. The molecule has 156 valence electrons. The van der Waals surface area contributed by atoms with E-state index in [9.17, 15) is 14.7 Å². The molecule has 0 radical (unpaired) electrons. The molecule has 1 heterocycles. The molecule has 2 aromatic rings. The molecule has 29 heavy (non-hydrogen) atoms. The fraction of sp³-hybridized carbons (Fsp3) is 0.333. The molecule has 8 heteroatoms. The topological polar surface area (TPSA) is 133 Å². The molecule has 1 fully saturated rings. The third-order valence-corrected chi connectivity index (χ3v) is 4.56. The largest absolute Gasteiger partial charge is 0.465 e. The molecule has 8 nitrogen and oxygen atoms in total. The summed E-state index contributed by atoms with van der Waals surface area (Å²) in [5, 5.41) is 27.1. The van der Waals surface area contributed by atoms with Crippen molar-refractivity contribution in [1.82, 2.24) is 4.90 Å². The van der Waals surface area contributed by atoms with Crippen molar-refractivity contribution in [2.75, 3.05) is 19.7 Å². The van der Waals surface area contributed by atoms with Crippen LogP contribution in [0.5, 0.6) is 0 Å². The van der Waals surface area contributed by atoms with Crippen molar-refractivity contribution in [3.05, 3.63) is 71.8 Å². The van der Waals surface area contributed by atoms with Gasteiger partial charge in [-0.1, -0.05) is 60.7 Å². The van der Waals surface area contributed by atoms with E-state index in [0.717, 1.165) is 5.56 Å². The minimum atomic E-state index is -1.23. The van der Waals surface area contributed by atoms with Crippen LogP contribution in [0.3, 0.4) is 0 Å². The number of nitrogens with two attached hydrogens (primary N) is 1. The number of amides is 1. The SMILES string of the molecule is N[C@@H]1CN(C(=O)O)C[C@@H]1CO.O=C(OCc1ccccc1)[C@@H](O)c1ccccc1. The van der Waals surface area contributed by atoms with Gasteiger partial charge >= 0.3 is 12.1 Å². The number of carboxylic acid groups (broad SMARTS) is 1.